The van der Waals surface area contributed by atoms with Crippen LogP contribution >= 0.6 is 7.60 Å². The molecule has 0 saturated heterocycles. The van der Waals surface area contributed by atoms with Crippen LogP contribution in [0.4, 0.5) is 5.69 Å². The maximum atomic E-state index is 13.0. The molecule has 2 amide bonds. The van der Waals surface area contributed by atoms with Crippen LogP contribution in [0.25, 0.3) is 0 Å². The second-order valence-electron chi connectivity index (χ2n) is 5.93. The van der Waals surface area contributed by atoms with Gasteiger partial charge in [0.2, 0.25) is 5.78 Å². The molecule has 11 heteroatoms. The van der Waals surface area contributed by atoms with Gasteiger partial charge in [0, 0.05) is 17.7 Å². The molecule has 0 aliphatic heterocycles. The number of benzene rings is 1. The highest BCUT2D eigenvalue weighted by atomic mass is 31.2. The van der Waals surface area contributed by atoms with Gasteiger partial charge in [-0.3, -0.25) is 24.3 Å². The third-order valence-corrected chi connectivity index (χ3v) is 5.34. The van der Waals surface area contributed by atoms with E-state index in [2.05, 4.69) is 5.32 Å². The largest absolute Gasteiger partial charge is 0.367 e. The molecule has 1 atom stereocenters. The molecule has 1 aromatic carbocycles. The first-order valence-corrected chi connectivity index (χ1v) is 9.38. The average molecular weight is 387 g/mol. The van der Waals surface area contributed by atoms with Crippen LogP contribution in [0.5, 0.6) is 0 Å². The van der Waals surface area contributed by atoms with E-state index in [9.17, 15) is 24.3 Å². The summed E-state index contributed by atoms with van der Waals surface area (Å²) in [6.45, 7) is 6.32. The smallest absolute Gasteiger partial charge is 0.362 e. The highest BCUT2D eigenvalue weighted by molar-refractivity contribution is 7.55. The van der Waals surface area contributed by atoms with Crippen LogP contribution in [0.3, 0.4) is 0 Å². The Morgan fingerprint density at radius 1 is 1.19 bits per heavy atom. The maximum absolute atomic E-state index is 13.0. The molecule has 0 heterocycles. The van der Waals surface area contributed by atoms with Crippen molar-refractivity contribution in [3.8, 4) is 0 Å². The molecule has 0 saturated carbocycles. The minimum absolute atomic E-state index is 0.105. The fourth-order valence-electron chi connectivity index (χ4n) is 2.01. The highest BCUT2D eigenvalue weighted by Crippen LogP contribution is 2.54. The second-order valence-corrected chi connectivity index (χ2v) is 7.95. The van der Waals surface area contributed by atoms with Crippen molar-refractivity contribution in [2.45, 2.75) is 45.7 Å². The normalized spacial score (nSPS) is 12.8. The van der Waals surface area contributed by atoms with Crippen molar-refractivity contribution in [1.82, 2.24) is 5.32 Å². The summed E-state index contributed by atoms with van der Waals surface area (Å²) in [7, 11) is -4.14. The molecule has 144 valence electrons. The van der Waals surface area contributed by atoms with Gasteiger partial charge in [0.15, 0.2) is 0 Å². The predicted molar refractivity (Wildman–Crippen MR) is 93.6 cm³/mol. The Hall–Kier alpha value is -2.29. The fraction of sp³-hybridized carbons (Fsp3) is 0.467. The van der Waals surface area contributed by atoms with E-state index in [4.69, 9.17) is 14.8 Å². The van der Waals surface area contributed by atoms with E-state index < -0.39 is 42.3 Å². The molecule has 1 aromatic rings. The number of hydrogen-bond donors (Lipinski definition) is 2. The summed E-state index contributed by atoms with van der Waals surface area (Å²) in [5.41, 5.74) is 4.87. The number of nitro groups is 1. The zero-order valence-electron chi connectivity index (χ0n) is 14.9. The quantitative estimate of drug-likeness (QED) is 0.374. The van der Waals surface area contributed by atoms with Crippen molar-refractivity contribution in [2.24, 2.45) is 5.73 Å². The van der Waals surface area contributed by atoms with E-state index in [1.165, 1.54) is 18.2 Å². The van der Waals surface area contributed by atoms with Gasteiger partial charge in [-0.25, -0.2) is 0 Å². The van der Waals surface area contributed by atoms with Gasteiger partial charge in [-0.2, -0.15) is 0 Å². The molecule has 3 N–H and O–H groups in total. The molecule has 26 heavy (non-hydrogen) atoms. The SMILES string of the molecule is CC(C)OP(=O)(OC(C)C)[C@@H](NC(=O)c1cccc([N+](=O)[O-])c1)C(N)=O. The average Bonchev–Trinajstić information content (AvgIpc) is 2.50. The van der Waals surface area contributed by atoms with Gasteiger partial charge in [0.1, 0.15) is 0 Å². The summed E-state index contributed by atoms with van der Waals surface area (Å²) < 4.78 is 23.6. The van der Waals surface area contributed by atoms with Crippen molar-refractivity contribution < 1.29 is 28.1 Å². The summed E-state index contributed by atoms with van der Waals surface area (Å²) in [5.74, 6) is -3.75. The van der Waals surface area contributed by atoms with E-state index in [-0.39, 0.29) is 11.3 Å². The summed E-state index contributed by atoms with van der Waals surface area (Å²) >= 11 is 0. The lowest BCUT2D eigenvalue weighted by Crippen LogP contribution is -2.45. The Morgan fingerprint density at radius 2 is 1.73 bits per heavy atom. The van der Waals surface area contributed by atoms with Gasteiger partial charge in [-0.15, -0.1) is 0 Å². The standard InChI is InChI=1S/C15H22N3O7P/c1-9(2)24-26(23,25-10(3)4)15(13(16)19)17-14(20)11-6-5-7-12(8-11)18(21)22/h5-10,15H,1-4H3,(H2,16,19)(H,17,20)/t15-/m1/s1. The summed E-state index contributed by atoms with van der Waals surface area (Å²) in [5, 5.41) is 13.0. The molecule has 0 aliphatic rings. The molecule has 0 radical (unpaired) electrons. The molecule has 0 unspecified atom stereocenters. The first kappa shape index (κ1) is 21.8. The van der Waals surface area contributed by atoms with Crippen molar-refractivity contribution in [2.75, 3.05) is 0 Å². The Balaban J connectivity index is 3.18. The minimum atomic E-state index is -4.14. The Bertz CT molecular complexity index is 722. The summed E-state index contributed by atoms with van der Waals surface area (Å²) in [6.07, 6.45) is -1.15. The lowest BCUT2D eigenvalue weighted by molar-refractivity contribution is -0.384. The van der Waals surface area contributed by atoms with E-state index in [0.29, 0.717) is 0 Å². The van der Waals surface area contributed by atoms with Crippen LogP contribution in [0.15, 0.2) is 24.3 Å². The van der Waals surface area contributed by atoms with E-state index in [1.54, 1.807) is 27.7 Å². The minimum Gasteiger partial charge on any atom is -0.367 e. The lowest BCUT2D eigenvalue weighted by Gasteiger charge is -2.28. The third kappa shape index (κ3) is 5.91. The number of nitrogens with zero attached hydrogens (tertiary/aromatic N) is 1. The number of nitro benzene ring substituents is 1. The van der Waals surface area contributed by atoms with Crippen LogP contribution in [-0.4, -0.2) is 34.7 Å². The fourth-order valence-corrected chi connectivity index (χ4v) is 4.06. The van der Waals surface area contributed by atoms with Crippen molar-refractivity contribution in [3.63, 3.8) is 0 Å². The van der Waals surface area contributed by atoms with Crippen LogP contribution in [0.2, 0.25) is 0 Å². The molecule has 0 fully saturated rings. The predicted octanol–water partition coefficient (Wildman–Crippen LogP) is 2.18. The van der Waals surface area contributed by atoms with Crippen LogP contribution in [0.1, 0.15) is 38.1 Å². The van der Waals surface area contributed by atoms with Crippen LogP contribution < -0.4 is 11.1 Å². The van der Waals surface area contributed by atoms with Gasteiger partial charge < -0.3 is 20.1 Å². The Morgan fingerprint density at radius 3 is 2.15 bits per heavy atom. The van der Waals surface area contributed by atoms with E-state index in [1.807, 2.05) is 0 Å². The highest BCUT2D eigenvalue weighted by Gasteiger charge is 2.43. The van der Waals surface area contributed by atoms with Gasteiger partial charge >= 0.3 is 7.60 Å². The monoisotopic (exact) mass is 387 g/mol. The molecule has 0 bridgehead atoms. The molecule has 1 rings (SSSR count). The Labute approximate surface area is 150 Å². The number of carbonyl (C=O) groups is 2. The van der Waals surface area contributed by atoms with E-state index >= 15 is 0 Å². The maximum Gasteiger partial charge on any atom is 0.362 e. The Kier molecular flexibility index (Phi) is 7.43. The van der Waals surface area contributed by atoms with Crippen LogP contribution in [0, 0.1) is 10.1 Å². The number of amides is 2. The molecule has 0 spiro atoms. The number of hydrogen-bond acceptors (Lipinski definition) is 7. The number of primary amides is 1. The van der Waals surface area contributed by atoms with Gasteiger partial charge in [0.05, 0.1) is 17.1 Å². The third-order valence-electron chi connectivity index (χ3n) is 2.89. The number of nitrogens with one attached hydrogen (secondary N) is 1. The molecule has 0 aromatic heterocycles. The molecule has 0 aliphatic carbocycles. The van der Waals surface area contributed by atoms with Gasteiger partial charge in [-0.05, 0) is 33.8 Å². The van der Waals surface area contributed by atoms with Gasteiger partial charge in [0.25, 0.3) is 17.5 Å². The summed E-state index contributed by atoms with van der Waals surface area (Å²) in [6, 6.07) is 4.83. The number of carbonyl (C=O) groups excluding carboxylic acids is 2. The molecule has 10 nitrogen and oxygen atoms in total. The molecular weight excluding hydrogens is 365 g/mol. The molecular formula is C15H22N3O7P. The zero-order valence-corrected chi connectivity index (χ0v) is 15.8. The lowest BCUT2D eigenvalue weighted by atomic mass is 10.2. The van der Waals surface area contributed by atoms with Gasteiger partial charge in [-0.1, -0.05) is 6.07 Å². The first-order valence-electron chi connectivity index (χ1n) is 7.77. The number of rotatable bonds is 9. The zero-order chi connectivity index (χ0) is 20.1. The van der Waals surface area contributed by atoms with E-state index in [0.717, 1.165) is 6.07 Å². The van der Waals surface area contributed by atoms with Crippen LogP contribution in [-0.2, 0) is 18.4 Å². The second kappa shape index (κ2) is 8.88. The number of non-ortho nitro benzene ring substituents is 1. The topological polar surface area (TPSA) is 151 Å². The summed E-state index contributed by atoms with van der Waals surface area (Å²) in [4.78, 5) is 34.4. The number of nitrogens with two attached hydrogens (primary N) is 1. The van der Waals surface area contributed by atoms with Crippen molar-refractivity contribution in [3.05, 3.63) is 39.9 Å². The van der Waals surface area contributed by atoms with Crippen molar-refractivity contribution >= 4 is 25.1 Å². The van der Waals surface area contributed by atoms with Crippen molar-refractivity contribution in [1.29, 1.82) is 0 Å². The first-order chi connectivity index (χ1) is 12.0.